The number of aliphatic hydroxyl groups is 1. The topological polar surface area (TPSA) is 54.4 Å². The number of Topliss-reactive ketones (excluding diaryl/α,β-unsaturated/α-hetero) is 1. The van der Waals surface area contributed by atoms with Crippen molar-refractivity contribution in [2.75, 3.05) is 6.61 Å². The summed E-state index contributed by atoms with van der Waals surface area (Å²) in [5.41, 5.74) is 2.14. The second-order valence-corrected chi connectivity index (χ2v) is 8.71. The highest BCUT2D eigenvalue weighted by Gasteiger charge is 2.58. The van der Waals surface area contributed by atoms with Crippen molar-refractivity contribution in [3.63, 3.8) is 0 Å². The van der Waals surface area contributed by atoms with Gasteiger partial charge in [0.15, 0.2) is 11.6 Å². The molecule has 0 aromatic carbocycles. The van der Waals surface area contributed by atoms with E-state index in [1.807, 2.05) is 6.08 Å². The number of allylic oxidation sites excluding steroid dienone is 8. The van der Waals surface area contributed by atoms with E-state index in [1.165, 1.54) is 5.57 Å². The molecule has 0 heterocycles. The third-order valence-electron chi connectivity index (χ3n) is 7.37. The molecule has 0 aromatic heterocycles. The molecule has 4 rings (SSSR count). The van der Waals surface area contributed by atoms with Gasteiger partial charge in [0.2, 0.25) is 0 Å². The van der Waals surface area contributed by atoms with Crippen LogP contribution in [0.3, 0.4) is 0 Å². The number of carbonyl (C=O) groups is 2. The van der Waals surface area contributed by atoms with E-state index in [4.69, 9.17) is 0 Å². The molecule has 6 atom stereocenters. The van der Waals surface area contributed by atoms with Gasteiger partial charge in [0.05, 0.1) is 0 Å². The van der Waals surface area contributed by atoms with Crippen molar-refractivity contribution in [1.29, 1.82) is 0 Å². The zero-order valence-corrected chi connectivity index (χ0v) is 15.2. The van der Waals surface area contributed by atoms with Gasteiger partial charge in [0, 0.05) is 17.3 Å². The highest BCUT2D eigenvalue weighted by Crippen LogP contribution is 2.63. The summed E-state index contributed by atoms with van der Waals surface area (Å²) < 4.78 is 0. The number of carbonyl (C=O) groups excluding carboxylic acids is 2. The Labute approximate surface area is 149 Å². The molecule has 3 nitrogen and oxygen atoms in total. The monoisotopic (exact) mass is 338 g/mol. The Morgan fingerprint density at radius 1 is 1.32 bits per heavy atom. The van der Waals surface area contributed by atoms with Crippen LogP contribution < -0.4 is 0 Å². The van der Waals surface area contributed by atoms with Gasteiger partial charge in [-0.05, 0) is 54.7 Å². The van der Waals surface area contributed by atoms with Gasteiger partial charge in [-0.1, -0.05) is 43.7 Å². The molecule has 1 fully saturated rings. The minimum atomic E-state index is -0.357. The van der Waals surface area contributed by atoms with Crippen molar-refractivity contribution in [3.05, 3.63) is 47.6 Å². The molecule has 1 N–H and O–H groups in total. The molecular formula is C22H26O3. The molecule has 0 bridgehead atoms. The van der Waals surface area contributed by atoms with E-state index in [-0.39, 0.29) is 34.9 Å². The van der Waals surface area contributed by atoms with Crippen LogP contribution in [0.25, 0.3) is 0 Å². The number of fused-ring (bicyclic) bond motifs is 5. The summed E-state index contributed by atoms with van der Waals surface area (Å²) in [6.45, 7) is 6.22. The minimum absolute atomic E-state index is 0.0101. The second kappa shape index (κ2) is 5.38. The fourth-order valence-electron chi connectivity index (χ4n) is 6.17. The van der Waals surface area contributed by atoms with Gasteiger partial charge < -0.3 is 5.11 Å². The van der Waals surface area contributed by atoms with Crippen molar-refractivity contribution in [3.8, 4) is 0 Å². The van der Waals surface area contributed by atoms with Gasteiger partial charge in [-0.2, -0.15) is 0 Å². The fourth-order valence-corrected chi connectivity index (χ4v) is 6.17. The van der Waals surface area contributed by atoms with Gasteiger partial charge in [0.1, 0.15) is 6.61 Å². The Morgan fingerprint density at radius 2 is 2.08 bits per heavy atom. The summed E-state index contributed by atoms with van der Waals surface area (Å²) >= 11 is 0. The van der Waals surface area contributed by atoms with Crippen LogP contribution in [0, 0.1) is 34.5 Å². The number of hydrogen-bond donors (Lipinski definition) is 1. The summed E-state index contributed by atoms with van der Waals surface area (Å²) in [5, 5.41) is 9.44. The lowest BCUT2D eigenvalue weighted by Crippen LogP contribution is -2.44. The Balaban J connectivity index is 1.79. The van der Waals surface area contributed by atoms with Crippen LogP contribution in [0.5, 0.6) is 0 Å². The molecule has 1 unspecified atom stereocenters. The van der Waals surface area contributed by atoms with Crippen molar-refractivity contribution in [2.24, 2.45) is 34.5 Å². The summed E-state index contributed by atoms with van der Waals surface area (Å²) in [6, 6.07) is 0. The largest absolute Gasteiger partial charge is 0.389 e. The lowest BCUT2D eigenvalue weighted by atomic mass is 9.54. The first-order valence-corrected chi connectivity index (χ1v) is 9.29. The molecule has 132 valence electrons. The van der Waals surface area contributed by atoms with Gasteiger partial charge in [-0.3, -0.25) is 9.59 Å². The second-order valence-electron chi connectivity index (χ2n) is 8.71. The van der Waals surface area contributed by atoms with Crippen molar-refractivity contribution < 1.29 is 14.7 Å². The maximum absolute atomic E-state index is 12.4. The molecule has 25 heavy (non-hydrogen) atoms. The van der Waals surface area contributed by atoms with E-state index in [0.717, 1.165) is 18.4 Å². The third kappa shape index (κ3) is 2.15. The van der Waals surface area contributed by atoms with Gasteiger partial charge >= 0.3 is 0 Å². The lowest BCUT2D eigenvalue weighted by molar-refractivity contribution is -0.130. The Bertz CT molecular complexity index is 768. The van der Waals surface area contributed by atoms with E-state index in [2.05, 4.69) is 39.0 Å². The summed E-state index contributed by atoms with van der Waals surface area (Å²) in [7, 11) is 0. The Morgan fingerprint density at radius 3 is 2.80 bits per heavy atom. The first kappa shape index (κ1) is 16.7. The summed E-state index contributed by atoms with van der Waals surface area (Å²) in [5.74, 6) is 0.983. The normalized spacial score (nSPS) is 44.6. The van der Waals surface area contributed by atoms with Crippen LogP contribution in [0.15, 0.2) is 47.6 Å². The van der Waals surface area contributed by atoms with Crippen LogP contribution in [0.4, 0.5) is 0 Å². The molecule has 0 saturated heterocycles. The number of rotatable bonds is 2. The molecule has 0 aromatic rings. The quantitative estimate of drug-likeness (QED) is 0.785. The molecule has 1 saturated carbocycles. The van der Waals surface area contributed by atoms with Crippen LogP contribution >= 0.6 is 0 Å². The number of aliphatic hydroxyl groups excluding tert-OH is 1. The summed E-state index contributed by atoms with van der Waals surface area (Å²) in [4.78, 5) is 24.2. The molecule has 4 aliphatic carbocycles. The number of ketones is 2. The first-order valence-electron chi connectivity index (χ1n) is 9.29. The molecule has 0 amide bonds. The smallest absolute Gasteiger partial charge is 0.178 e. The van der Waals surface area contributed by atoms with Crippen LogP contribution in [0.1, 0.15) is 33.6 Å². The van der Waals surface area contributed by atoms with Crippen molar-refractivity contribution in [1.82, 2.24) is 0 Å². The predicted molar refractivity (Wildman–Crippen MR) is 96.6 cm³/mol. The molecule has 3 heteroatoms. The van der Waals surface area contributed by atoms with E-state index in [9.17, 15) is 14.7 Å². The number of hydrogen-bond acceptors (Lipinski definition) is 3. The Hall–Kier alpha value is -1.74. The molecular weight excluding hydrogens is 312 g/mol. The SMILES string of the molecule is CC1C[C@H]2[C@@H]3C=CC4=CC(=O)C=C[C@]4(C)C3=CC[C@]2(C)[C@H]1C(=O)CO. The van der Waals surface area contributed by atoms with Gasteiger partial charge in [-0.25, -0.2) is 0 Å². The first-order chi connectivity index (χ1) is 11.8. The zero-order valence-electron chi connectivity index (χ0n) is 15.2. The average Bonchev–Trinajstić information content (AvgIpc) is 2.85. The molecule has 0 spiro atoms. The highest BCUT2D eigenvalue weighted by molar-refractivity contribution is 6.02. The molecule has 0 aliphatic heterocycles. The van der Waals surface area contributed by atoms with Crippen LogP contribution in [-0.2, 0) is 9.59 Å². The van der Waals surface area contributed by atoms with E-state index in [1.54, 1.807) is 12.2 Å². The maximum Gasteiger partial charge on any atom is 0.178 e. The van der Waals surface area contributed by atoms with Crippen molar-refractivity contribution in [2.45, 2.75) is 33.6 Å². The third-order valence-corrected chi connectivity index (χ3v) is 7.37. The standard InChI is InChI=1S/C22H26O3/c1-13-10-18-16-5-4-14-11-15(24)6-8-21(14,2)17(16)7-9-22(18,3)20(13)19(25)12-23/h4-8,11,13,16,18,20,23H,9-10,12H2,1-3H3/t13?,16-,18+,20-,21+,22+/m1/s1. The average molecular weight is 338 g/mol. The minimum Gasteiger partial charge on any atom is -0.389 e. The van der Waals surface area contributed by atoms with Gasteiger partial charge in [-0.15, -0.1) is 0 Å². The maximum atomic E-state index is 12.4. The fraction of sp³-hybridized carbons (Fsp3) is 0.545. The van der Waals surface area contributed by atoms with Crippen LogP contribution in [0.2, 0.25) is 0 Å². The lowest BCUT2D eigenvalue weighted by Gasteiger charge is -2.50. The van der Waals surface area contributed by atoms with Crippen molar-refractivity contribution >= 4 is 11.6 Å². The predicted octanol–water partition coefficient (Wildman–Crippen LogP) is 3.41. The molecule has 4 aliphatic rings. The van der Waals surface area contributed by atoms with E-state index < -0.39 is 0 Å². The summed E-state index contributed by atoms with van der Waals surface area (Å²) in [6.07, 6.45) is 14.0. The van der Waals surface area contributed by atoms with Crippen LogP contribution in [-0.4, -0.2) is 23.3 Å². The Kier molecular flexibility index (Phi) is 3.59. The van der Waals surface area contributed by atoms with Gasteiger partial charge in [0.25, 0.3) is 0 Å². The zero-order chi connectivity index (χ0) is 18.0. The molecule has 0 radical (unpaired) electrons. The highest BCUT2D eigenvalue weighted by atomic mass is 16.3. The van der Waals surface area contributed by atoms with E-state index >= 15 is 0 Å². The van der Waals surface area contributed by atoms with E-state index in [0.29, 0.717) is 17.8 Å².